The van der Waals surface area contributed by atoms with Crippen LogP contribution in [0, 0.1) is 5.41 Å². The highest BCUT2D eigenvalue weighted by Crippen LogP contribution is 2.29. The summed E-state index contributed by atoms with van der Waals surface area (Å²) in [7, 11) is 0. The fourth-order valence-electron chi connectivity index (χ4n) is 2.35. The van der Waals surface area contributed by atoms with Gasteiger partial charge in [-0.3, -0.25) is 4.90 Å². The van der Waals surface area contributed by atoms with E-state index in [2.05, 4.69) is 18.7 Å². The Labute approximate surface area is 91.2 Å². The van der Waals surface area contributed by atoms with Gasteiger partial charge in [0.25, 0.3) is 0 Å². The monoisotopic (exact) mass is 215 g/mol. The molecule has 2 fully saturated rings. The molecule has 0 radical (unpaired) electrons. The molecule has 2 aliphatic heterocycles. The molecule has 0 aromatic heterocycles. The minimum absolute atomic E-state index is 0.00653. The molecule has 0 aromatic carbocycles. The van der Waals surface area contributed by atoms with Crippen molar-refractivity contribution >= 4 is 0 Å². The fourth-order valence-corrected chi connectivity index (χ4v) is 2.35. The minimum Gasteiger partial charge on any atom is -0.396 e. The van der Waals surface area contributed by atoms with E-state index < -0.39 is 0 Å². The van der Waals surface area contributed by atoms with Crippen LogP contribution >= 0.6 is 0 Å². The quantitative estimate of drug-likeness (QED) is 0.725. The van der Waals surface area contributed by atoms with Gasteiger partial charge in [-0.1, -0.05) is 0 Å². The zero-order valence-electron chi connectivity index (χ0n) is 9.66. The summed E-state index contributed by atoms with van der Waals surface area (Å²) in [6, 6.07) is 0. The molecule has 0 atom stereocenters. The van der Waals surface area contributed by atoms with Gasteiger partial charge in [0.2, 0.25) is 0 Å². The van der Waals surface area contributed by atoms with Crippen molar-refractivity contribution in [3.63, 3.8) is 0 Å². The van der Waals surface area contributed by atoms with Crippen LogP contribution in [0.15, 0.2) is 0 Å². The third kappa shape index (κ3) is 2.50. The number of nitrogens with zero attached hydrogens (tertiary/aromatic N) is 1. The first-order chi connectivity index (χ1) is 7.05. The summed E-state index contributed by atoms with van der Waals surface area (Å²) >= 11 is 0. The third-order valence-electron chi connectivity index (χ3n) is 3.22. The number of morpholine rings is 1. The summed E-state index contributed by atoms with van der Waals surface area (Å²) in [4.78, 5) is 2.38. The van der Waals surface area contributed by atoms with Crippen LogP contribution < -0.4 is 0 Å². The molecular formula is C11H21NO3. The summed E-state index contributed by atoms with van der Waals surface area (Å²) in [5.41, 5.74) is -0.0626. The Morgan fingerprint density at radius 3 is 2.53 bits per heavy atom. The number of hydrogen-bond donors (Lipinski definition) is 1. The lowest BCUT2D eigenvalue weighted by Crippen LogP contribution is -2.57. The highest BCUT2D eigenvalue weighted by molar-refractivity contribution is 4.90. The molecule has 2 saturated heterocycles. The van der Waals surface area contributed by atoms with E-state index in [1.54, 1.807) is 0 Å². The Bertz CT molecular complexity index is 220. The van der Waals surface area contributed by atoms with Gasteiger partial charge in [-0.05, 0) is 13.8 Å². The Balaban J connectivity index is 1.88. The van der Waals surface area contributed by atoms with Crippen molar-refractivity contribution in [2.24, 2.45) is 5.41 Å². The molecule has 0 saturated carbocycles. The third-order valence-corrected chi connectivity index (χ3v) is 3.22. The smallest absolute Gasteiger partial charge is 0.0753 e. The topological polar surface area (TPSA) is 41.9 Å². The number of ether oxygens (including phenoxy) is 2. The largest absolute Gasteiger partial charge is 0.396 e. The van der Waals surface area contributed by atoms with Gasteiger partial charge >= 0.3 is 0 Å². The van der Waals surface area contributed by atoms with Crippen molar-refractivity contribution in [3.8, 4) is 0 Å². The zero-order valence-corrected chi connectivity index (χ0v) is 9.66. The van der Waals surface area contributed by atoms with Crippen LogP contribution in [0.1, 0.15) is 13.8 Å². The number of aliphatic hydroxyl groups is 1. The van der Waals surface area contributed by atoms with Crippen molar-refractivity contribution in [1.29, 1.82) is 0 Å². The van der Waals surface area contributed by atoms with E-state index in [-0.39, 0.29) is 17.6 Å². The molecule has 2 heterocycles. The molecule has 4 nitrogen and oxygen atoms in total. The fraction of sp³-hybridized carbons (Fsp3) is 1.00. The molecule has 15 heavy (non-hydrogen) atoms. The van der Waals surface area contributed by atoms with E-state index in [4.69, 9.17) is 9.47 Å². The summed E-state index contributed by atoms with van der Waals surface area (Å²) in [6.45, 7) is 9.46. The van der Waals surface area contributed by atoms with Gasteiger partial charge in [0.1, 0.15) is 0 Å². The number of aliphatic hydroxyl groups excluding tert-OH is 1. The first-order valence-electron chi connectivity index (χ1n) is 5.60. The first-order valence-corrected chi connectivity index (χ1v) is 5.60. The number of hydrogen-bond acceptors (Lipinski definition) is 4. The molecule has 0 amide bonds. The van der Waals surface area contributed by atoms with Crippen LogP contribution in [0.5, 0.6) is 0 Å². The summed E-state index contributed by atoms with van der Waals surface area (Å²) < 4.78 is 10.9. The predicted octanol–water partition coefficient (Wildman–Crippen LogP) is 0.106. The predicted molar refractivity (Wildman–Crippen MR) is 56.8 cm³/mol. The Morgan fingerprint density at radius 2 is 2.07 bits per heavy atom. The van der Waals surface area contributed by atoms with Gasteiger partial charge in [0, 0.05) is 19.6 Å². The standard InChI is InChI=1S/C11H21NO3/c1-10(2)5-12(3-4-15-10)6-11(7-13)8-14-9-11/h13H,3-9H2,1-2H3. The summed E-state index contributed by atoms with van der Waals surface area (Å²) in [5, 5.41) is 9.36. The lowest BCUT2D eigenvalue weighted by molar-refractivity contribution is -0.165. The van der Waals surface area contributed by atoms with Gasteiger partial charge in [0.15, 0.2) is 0 Å². The Morgan fingerprint density at radius 1 is 1.33 bits per heavy atom. The van der Waals surface area contributed by atoms with E-state index in [1.165, 1.54) is 0 Å². The second-order valence-corrected chi connectivity index (χ2v) is 5.47. The molecule has 2 aliphatic rings. The first kappa shape index (κ1) is 11.3. The minimum atomic E-state index is -0.0561. The second-order valence-electron chi connectivity index (χ2n) is 5.47. The normalized spacial score (nSPS) is 29.8. The molecule has 4 heteroatoms. The molecule has 0 aromatic rings. The van der Waals surface area contributed by atoms with E-state index in [9.17, 15) is 5.11 Å². The van der Waals surface area contributed by atoms with Gasteiger partial charge < -0.3 is 14.6 Å². The van der Waals surface area contributed by atoms with E-state index >= 15 is 0 Å². The zero-order chi connectivity index (χ0) is 10.9. The lowest BCUT2D eigenvalue weighted by atomic mass is 9.86. The highest BCUT2D eigenvalue weighted by Gasteiger charge is 2.41. The molecule has 0 spiro atoms. The maximum absolute atomic E-state index is 9.36. The summed E-state index contributed by atoms with van der Waals surface area (Å²) in [6.07, 6.45) is 0. The van der Waals surface area contributed by atoms with Crippen LogP contribution in [-0.4, -0.2) is 61.7 Å². The Kier molecular flexibility index (Phi) is 3.03. The highest BCUT2D eigenvalue weighted by atomic mass is 16.5. The second kappa shape index (κ2) is 4.01. The van der Waals surface area contributed by atoms with Crippen LogP contribution in [0.4, 0.5) is 0 Å². The van der Waals surface area contributed by atoms with Crippen molar-refractivity contribution in [2.75, 3.05) is 46.1 Å². The van der Waals surface area contributed by atoms with E-state index in [0.29, 0.717) is 13.2 Å². The molecular weight excluding hydrogens is 194 g/mol. The van der Waals surface area contributed by atoms with Crippen molar-refractivity contribution in [3.05, 3.63) is 0 Å². The Hall–Kier alpha value is -0.160. The van der Waals surface area contributed by atoms with E-state index in [0.717, 1.165) is 26.2 Å². The van der Waals surface area contributed by atoms with Gasteiger partial charge in [-0.25, -0.2) is 0 Å². The summed E-state index contributed by atoms with van der Waals surface area (Å²) in [5.74, 6) is 0. The van der Waals surface area contributed by atoms with Crippen LogP contribution in [-0.2, 0) is 9.47 Å². The molecule has 88 valence electrons. The average Bonchev–Trinajstić information content (AvgIpc) is 2.10. The maximum Gasteiger partial charge on any atom is 0.0753 e. The van der Waals surface area contributed by atoms with Gasteiger partial charge in [-0.2, -0.15) is 0 Å². The van der Waals surface area contributed by atoms with Crippen molar-refractivity contribution < 1.29 is 14.6 Å². The average molecular weight is 215 g/mol. The number of rotatable bonds is 3. The molecule has 0 unspecified atom stereocenters. The van der Waals surface area contributed by atoms with Crippen LogP contribution in [0.25, 0.3) is 0 Å². The maximum atomic E-state index is 9.36. The van der Waals surface area contributed by atoms with Crippen molar-refractivity contribution in [1.82, 2.24) is 4.90 Å². The van der Waals surface area contributed by atoms with Crippen molar-refractivity contribution in [2.45, 2.75) is 19.4 Å². The molecule has 2 rings (SSSR count). The van der Waals surface area contributed by atoms with Gasteiger partial charge in [0.05, 0.1) is 37.4 Å². The lowest BCUT2D eigenvalue weighted by Gasteiger charge is -2.46. The van der Waals surface area contributed by atoms with Crippen LogP contribution in [0.2, 0.25) is 0 Å². The molecule has 1 N–H and O–H groups in total. The van der Waals surface area contributed by atoms with Gasteiger partial charge in [-0.15, -0.1) is 0 Å². The SMILES string of the molecule is CC1(C)CN(CC2(CO)COC2)CCO1. The van der Waals surface area contributed by atoms with E-state index in [1.807, 2.05) is 0 Å². The molecule has 0 aliphatic carbocycles. The molecule has 0 bridgehead atoms. The van der Waals surface area contributed by atoms with Crippen LogP contribution in [0.3, 0.4) is 0 Å².